The van der Waals surface area contributed by atoms with Crippen LogP contribution in [0.5, 0.6) is 11.5 Å². The average Bonchev–Trinajstić information content (AvgIpc) is 2.63. The summed E-state index contributed by atoms with van der Waals surface area (Å²) in [6, 6.07) is 14.3. The number of benzene rings is 2. The van der Waals surface area contributed by atoms with Gasteiger partial charge in [0.05, 0.1) is 6.54 Å². The molecule has 0 bridgehead atoms. The molecule has 1 amide bonds. The summed E-state index contributed by atoms with van der Waals surface area (Å²) in [6.07, 6.45) is 0. The Hall–Kier alpha value is -3.28. The molecule has 0 fully saturated rings. The van der Waals surface area contributed by atoms with Gasteiger partial charge in [-0.3, -0.25) is 4.79 Å². The fraction of sp³-hybridized carbons (Fsp3) is 0.238. The summed E-state index contributed by atoms with van der Waals surface area (Å²) in [7, 11) is 0. The van der Waals surface area contributed by atoms with Crippen molar-refractivity contribution in [1.82, 2.24) is 5.32 Å². The maximum Gasteiger partial charge on any atom is 0.336 e. The fourth-order valence-electron chi connectivity index (χ4n) is 2.66. The van der Waals surface area contributed by atoms with Crippen LogP contribution in [0.2, 0.25) is 0 Å². The van der Waals surface area contributed by atoms with Crippen LogP contribution >= 0.6 is 0 Å². The maximum atomic E-state index is 11.9. The second kappa shape index (κ2) is 8.40. The van der Waals surface area contributed by atoms with Crippen LogP contribution in [-0.2, 0) is 4.79 Å². The van der Waals surface area contributed by atoms with Gasteiger partial charge >= 0.3 is 5.63 Å². The number of carbonyl (C=O) groups is 1. The van der Waals surface area contributed by atoms with Crippen molar-refractivity contribution in [3.8, 4) is 11.5 Å². The van der Waals surface area contributed by atoms with E-state index in [1.807, 2.05) is 38.1 Å². The Kier molecular flexibility index (Phi) is 5.76. The molecule has 6 heteroatoms. The van der Waals surface area contributed by atoms with E-state index in [1.165, 1.54) is 6.07 Å². The quantitative estimate of drug-likeness (QED) is 0.513. The molecule has 6 nitrogen and oxygen atoms in total. The lowest BCUT2D eigenvalue weighted by atomic mass is 10.1. The van der Waals surface area contributed by atoms with Crippen molar-refractivity contribution in [2.75, 3.05) is 19.8 Å². The normalized spacial score (nSPS) is 10.6. The van der Waals surface area contributed by atoms with E-state index < -0.39 is 5.63 Å². The van der Waals surface area contributed by atoms with E-state index in [0.29, 0.717) is 24.5 Å². The number of hydrogen-bond acceptors (Lipinski definition) is 5. The van der Waals surface area contributed by atoms with E-state index in [9.17, 15) is 9.59 Å². The van der Waals surface area contributed by atoms with Gasteiger partial charge in [-0.2, -0.15) is 0 Å². The zero-order valence-corrected chi connectivity index (χ0v) is 15.3. The molecule has 140 valence electrons. The Morgan fingerprint density at radius 2 is 1.85 bits per heavy atom. The maximum absolute atomic E-state index is 11.9. The first-order valence-electron chi connectivity index (χ1n) is 8.65. The first-order valence-corrected chi connectivity index (χ1v) is 8.65. The molecule has 0 saturated heterocycles. The lowest BCUT2D eigenvalue weighted by Crippen LogP contribution is -2.32. The zero-order valence-electron chi connectivity index (χ0n) is 15.3. The van der Waals surface area contributed by atoms with Gasteiger partial charge in [-0.25, -0.2) is 4.79 Å². The monoisotopic (exact) mass is 367 g/mol. The summed E-state index contributed by atoms with van der Waals surface area (Å²) in [6.45, 7) is 4.45. The van der Waals surface area contributed by atoms with Crippen LogP contribution in [0.4, 0.5) is 0 Å². The van der Waals surface area contributed by atoms with Crippen molar-refractivity contribution in [1.29, 1.82) is 0 Å². The van der Waals surface area contributed by atoms with Gasteiger partial charge in [0, 0.05) is 17.5 Å². The molecule has 3 rings (SSSR count). The molecule has 0 aliphatic rings. The van der Waals surface area contributed by atoms with Gasteiger partial charge in [0.2, 0.25) is 0 Å². The molecule has 1 aromatic heterocycles. The van der Waals surface area contributed by atoms with E-state index in [-0.39, 0.29) is 12.5 Å². The number of rotatable bonds is 7. The molecule has 0 atom stereocenters. The second-order valence-electron chi connectivity index (χ2n) is 6.21. The molecule has 27 heavy (non-hydrogen) atoms. The number of hydrogen-bond donors (Lipinski definition) is 1. The van der Waals surface area contributed by atoms with Crippen LogP contribution in [0, 0.1) is 13.8 Å². The summed E-state index contributed by atoms with van der Waals surface area (Å²) in [5, 5.41) is 3.56. The first kappa shape index (κ1) is 18.5. The Bertz CT molecular complexity index is 1010. The SMILES string of the molecule is Cc1cccc(OCCNC(=O)COc2ccc3c(C)cc(=O)oc3c2)c1. The molecule has 0 unspecified atom stereocenters. The largest absolute Gasteiger partial charge is 0.492 e. The molecular weight excluding hydrogens is 346 g/mol. The molecule has 0 aliphatic heterocycles. The molecule has 0 radical (unpaired) electrons. The fourth-order valence-corrected chi connectivity index (χ4v) is 2.66. The average molecular weight is 367 g/mol. The van der Waals surface area contributed by atoms with Crippen LogP contribution in [0.25, 0.3) is 11.0 Å². The van der Waals surface area contributed by atoms with Gasteiger partial charge < -0.3 is 19.2 Å². The summed E-state index contributed by atoms with van der Waals surface area (Å²) >= 11 is 0. The number of amides is 1. The lowest BCUT2D eigenvalue weighted by Gasteiger charge is -2.10. The van der Waals surface area contributed by atoms with E-state index in [0.717, 1.165) is 22.3 Å². The highest BCUT2D eigenvalue weighted by Gasteiger charge is 2.06. The third-order valence-electron chi connectivity index (χ3n) is 3.98. The van der Waals surface area contributed by atoms with Gasteiger partial charge in [0.25, 0.3) is 5.91 Å². The second-order valence-corrected chi connectivity index (χ2v) is 6.21. The van der Waals surface area contributed by atoms with Crippen molar-refractivity contribution in [3.05, 3.63) is 70.1 Å². The minimum absolute atomic E-state index is 0.133. The Balaban J connectivity index is 1.46. The van der Waals surface area contributed by atoms with Crippen molar-refractivity contribution in [2.24, 2.45) is 0 Å². The van der Waals surface area contributed by atoms with Crippen LogP contribution < -0.4 is 20.4 Å². The number of nitrogens with one attached hydrogen (secondary N) is 1. The Labute approximate surface area is 156 Å². The number of ether oxygens (including phenoxy) is 2. The topological polar surface area (TPSA) is 77.8 Å². The highest BCUT2D eigenvalue weighted by atomic mass is 16.5. The summed E-state index contributed by atoms with van der Waals surface area (Å²) in [4.78, 5) is 23.4. The Morgan fingerprint density at radius 1 is 1.04 bits per heavy atom. The molecule has 3 aromatic rings. The minimum atomic E-state index is -0.413. The molecule has 0 spiro atoms. The van der Waals surface area contributed by atoms with E-state index in [2.05, 4.69) is 5.32 Å². The van der Waals surface area contributed by atoms with Crippen LogP contribution in [0.15, 0.2) is 57.7 Å². The summed E-state index contributed by atoms with van der Waals surface area (Å²) < 4.78 is 16.2. The van der Waals surface area contributed by atoms with Crippen molar-refractivity contribution in [2.45, 2.75) is 13.8 Å². The number of carbonyl (C=O) groups excluding carboxylic acids is 1. The van der Waals surface area contributed by atoms with Crippen LogP contribution in [0.1, 0.15) is 11.1 Å². The lowest BCUT2D eigenvalue weighted by molar-refractivity contribution is -0.123. The van der Waals surface area contributed by atoms with Gasteiger partial charge in [-0.05, 0) is 49.2 Å². The zero-order chi connectivity index (χ0) is 19.2. The molecular formula is C21H21NO5. The van der Waals surface area contributed by atoms with E-state index in [4.69, 9.17) is 13.9 Å². The number of fused-ring (bicyclic) bond motifs is 1. The third-order valence-corrected chi connectivity index (χ3v) is 3.98. The van der Waals surface area contributed by atoms with Gasteiger partial charge in [-0.15, -0.1) is 0 Å². The van der Waals surface area contributed by atoms with Crippen molar-refractivity contribution >= 4 is 16.9 Å². The summed E-state index contributed by atoms with van der Waals surface area (Å²) in [5.41, 5.74) is 1.97. The predicted octanol–water partition coefficient (Wildman–Crippen LogP) is 2.98. The third kappa shape index (κ3) is 5.10. The molecule has 1 N–H and O–H groups in total. The molecule has 1 heterocycles. The molecule has 2 aromatic carbocycles. The smallest absolute Gasteiger partial charge is 0.336 e. The van der Waals surface area contributed by atoms with Gasteiger partial charge in [0.15, 0.2) is 6.61 Å². The van der Waals surface area contributed by atoms with Crippen molar-refractivity contribution in [3.63, 3.8) is 0 Å². The highest BCUT2D eigenvalue weighted by Crippen LogP contribution is 2.22. The van der Waals surface area contributed by atoms with Crippen LogP contribution in [0.3, 0.4) is 0 Å². The van der Waals surface area contributed by atoms with Gasteiger partial charge in [0.1, 0.15) is 23.7 Å². The first-order chi connectivity index (χ1) is 13.0. The van der Waals surface area contributed by atoms with Crippen LogP contribution in [-0.4, -0.2) is 25.7 Å². The number of aryl methyl sites for hydroxylation is 2. The molecule has 0 saturated carbocycles. The minimum Gasteiger partial charge on any atom is -0.492 e. The molecule has 0 aliphatic carbocycles. The Morgan fingerprint density at radius 3 is 2.67 bits per heavy atom. The highest BCUT2D eigenvalue weighted by molar-refractivity contribution is 5.81. The van der Waals surface area contributed by atoms with E-state index >= 15 is 0 Å². The predicted molar refractivity (Wildman–Crippen MR) is 102 cm³/mol. The van der Waals surface area contributed by atoms with Gasteiger partial charge in [-0.1, -0.05) is 12.1 Å². The van der Waals surface area contributed by atoms with E-state index in [1.54, 1.807) is 18.2 Å². The standard InChI is InChI=1S/C21H21NO5/c1-14-4-3-5-16(10-14)25-9-8-22-20(23)13-26-17-6-7-18-15(2)11-21(24)27-19(18)12-17/h3-7,10-12H,8-9,13H2,1-2H3,(H,22,23). The summed E-state index contributed by atoms with van der Waals surface area (Å²) in [5.74, 6) is 0.976. The van der Waals surface area contributed by atoms with Crippen molar-refractivity contribution < 1.29 is 18.7 Å².